The second-order valence-electron chi connectivity index (χ2n) is 4.06. The maximum absolute atomic E-state index is 13.5. The minimum atomic E-state index is -1.22. The van der Waals surface area contributed by atoms with E-state index in [2.05, 4.69) is 5.32 Å². The summed E-state index contributed by atoms with van der Waals surface area (Å²) >= 11 is 5.85. The van der Waals surface area contributed by atoms with Gasteiger partial charge in [-0.3, -0.25) is 0 Å². The molecule has 0 saturated carbocycles. The lowest BCUT2D eigenvalue weighted by Crippen LogP contribution is -2.05. The van der Waals surface area contributed by atoms with E-state index in [1.54, 1.807) is 18.2 Å². The minimum absolute atomic E-state index is 0.00549. The van der Waals surface area contributed by atoms with Crippen LogP contribution in [0.25, 0.3) is 0 Å². The van der Waals surface area contributed by atoms with Crippen LogP contribution in [-0.4, -0.2) is 7.11 Å². The first-order valence-corrected chi connectivity index (χ1v) is 6.10. The van der Waals surface area contributed by atoms with Crippen LogP contribution in [0.2, 0.25) is 5.02 Å². The highest BCUT2D eigenvalue weighted by atomic mass is 35.5. The highest BCUT2D eigenvalue weighted by Gasteiger charge is 2.10. The van der Waals surface area contributed by atoms with Crippen LogP contribution in [0.4, 0.5) is 18.9 Å². The van der Waals surface area contributed by atoms with Crippen molar-refractivity contribution in [2.75, 3.05) is 12.4 Å². The first-order chi connectivity index (χ1) is 9.51. The lowest BCUT2D eigenvalue weighted by Gasteiger charge is -2.12. The SMILES string of the molecule is COc1ccc(Cl)cc1NCc1cc(F)c(F)cc1F. The predicted octanol–water partition coefficient (Wildman–Crippen LogP) is 4.38. The molecule has 0 aliphatic carbocycles. The summed E-state index contributed by atoms with van der Waals surface area (Å²) in [5, 5.41) is 3.34. The van der Waals surface area contributed by atoms with Crippen molar-refractivity contribution in [2.45, 2.75) is 6.54 Å². The Hall–Kier alpha value is -1.88. The van der Waals surface area contributed by atoms with Gasteiger partial charge in [0.15, 0.2) is 11.6 Å². The number of halogens is 4. The van der Waals surface area contributed by atoms with Gasteiger partial charge in [0.1, 0.15) is 11.6 Å². The number of hydrogen-bond acceptors (Lipinski definition) is 2. The van der Waals surface area contributed by atoms with E-state index in [0.29, 0.717) is 22.5 Å². The molecule has 0 aliphatic heterocycles. The van der Waals surface area contributed by atoms with Crippen LogP contribution in [0.5, 0.6) is 5.75 Å². The second kappa shape index (κ2) is 6.05. The van der Waals surface area contributed by atoms with Gasteiger partial charge in [0.2, 0.25) is 0 Å². The maximum atomic E-state index is 13.5. The fraction of sp³-hybridized carbons (Fsp3) is 0.143. The molecule has 2 aromatic carbocycles. The number of nitrogens with one attached hydrogen (secondary N) is 1. The molecule has 0 bridgehead atoms. The van der Waals surface area contributed by atoms with E-state index >= 15 is 0 Å². The second-order valence-corrected chi connectivity index (χ2v) is 4.49. The molecule has 106 valence electrons. The molecule has 0 aromatic heterocycles. The molecule has 0 unspecified atom stereocenters. The van der Waals surface area contributed by atoms with Crippen LogP contribution in [0.1, 0.15) is 5.56 Å². The van der Waals surface area contributed by atoms with Crippen LogP contribution in [0.3, 0.4) is 0 Å². The van der Waals surface area contributed by atoms with E-state index < -0.39 is 17.5 Å². The van der Waals surface area contributed by atoms with Gasteiger partial charge in [0.05, 0.1) is 12.8 Å². The zero-order valence-corrected chi connectivity index (χ0v) is 11.3. The summed E-state index contributed by atoms with van der Waals surface area (Å²) in [4.78, 5) is 0. The van der Waals surface area contributed by atoms with Crippen molar-refractivity contribution in [1.29, 1.82) is 0 Å². The molecule has 0 amide bonds. The molecule has 2 rings (SSSR count). The van der Waals surface area contributed by atoms with Crippen molar-refractivity contribution in [1.82, 2.24) is 0 Å². The fourth-order valence-corrected chi connectivity index (χ4v) is 1.88. The number of anilines is 1. The normalized spacial score (nSPS) is 10.4. The molecule has 0 aliphatic rings. The minimum Gasteiger partial charge on any atom is -0.495 e. The van der Waals surface area contributed by atoms with E-state index in [-0.39, 0.29) is 12.1 Å². The van der Waals surface area contributed by atoms with Crippen LogP contribution in [0, 0.1) is 17.5 Å². The van der Waals surface area contributed by atoms with Crippen LogP contribution >= 0.6 is 11.6 Å². The van der Waals surface area contributed by atoms with Crippen LogP contribution in [-0.2, 0) is 6.54 Å². The quantitative estimate of drug-likeness (QED) is 0.846. The van der Waals surface area contributed by atoms with Gasteiger partial charge in [-0.15, -0.1) is 0 Å². The number of rotatable bonds is 4. The Morgan fingerprint density at radius 2 is 1.75 bits per heavy atom. The molecule has 0 radical (unpaired) electrons. The van der Waals surface area contributed by atoms with Crippen molar-refractivity contribution >= 4 is 17.3 Å². The first-order valence-electron chi connectivity index (χ1n) is 5.72. The summed E-state index contributed by atoms with van der Waals surface area (Å²) in [7, 11) is 1.48. The summed E-state index contributed by atoms with van der Waals surface area (Å²) in [6.07, 6.45) is 0. The summed E-state index contributed by atoms with van der Waals surface area (Å²) in [6.45, 7) is -0.0280. The van der Waals surface area contributed by atoms with Crippen molar-refractivity contribution < 1.29 is 17.9 Å². The molecule has 1 N–H and O–H groups in total. The Morgan fingerprint density at radius 1 is 1.05 bits per heavy atom. The molecule has 0 fully saturated rings. The Labute approximate surface area is 119 Å². The Balaban J connectivity index is 2.21. The molecule has 2 aromatic rings. The summed E-state index contributed by atoms with van der Waals surface area (Å²) in [5.74, 6) is -2.62. The molecule has 0 heterocycles. The largest absolute Gasteiger partial charge is 0.495 e. The molecule has 6 heteroatoms. The van der Waals surface area contributed by atoms with Gasteiger partial charge in [0.25, 0.3) is 0 Å². The third-order valence-electron chi connectivity index (χ3n) is 2.72. The fourth-order valence-electron chi connectivity index (χ4n) is 1.71. The average molecular weight is 302 g/mol. The number of methoxy groups -OCH3 is 1. The highest BCUT2D eigenvalue weighted by Crippen LogP contribution is 2.28. The van der Waals surface area contributed by atoms with Crippen molar-refractivity contribution in [3.8, 4) is 5.75 Å². The lowest BCUT2D eigenvalue weighted by atomic mass is 10.2. The van der Waals surface area contributed by atoms with Gasteiger partial charge in [-0.25, -0.2) is 13.2 Å². The van der Waals surface area contributed by atoms with E-state index in [4.69, 9.17) is 16.3 Å². The number of hydrogen-bond donors (Lipinski definition) is 1. The topological polar surface area (TPSA) is 21.3 Å². The highest BCUT2D eigenvalue weighted by molar-refractivity contribution is 6.30. The van der Waals surface area contributed by atoms with Gasteiger partial charge in [-0.1, -0.05) is 11.6 Å². The predicted molar refractivity (Wildman–Crippen MR) is 71.6 cm³/mol. The van der Waals surface area contributed by atoms with Gasteiger partial charge < -0.3 is 10.1 Å². The lowest BCUT2D eigenvalue weighted by molar-refractivity contribution is 0.416. The summed E-state index contributed by atoms with van der Waals surface area (Å²) < 4.78 is 44.5. The zero-order chi connectivity index (χ0) is 14.7. The third-order valence-corrected chi connectivity index (χ3v) is 2.96. The van der Waals surface area contributed by atoms with Gasteiger partial charge in [-0.2, -0.15) is 0 Å². The Kier molecular flexibility index (Phi) is 4.39. The molecular formula is C14H11ClF3NO. The molecular weight excluding hydrogens is 291 g/mol. The molecule has 0 atom stereocenters. The molecule has 0 spiro atoms. The van der Waals surface area contributed by atoms with E-state index in [1.165, 1.54) is 7.11 Å². The van der Waals surface area contributed by atoms with Crippen molar-refractivity contribution in [2.24, 2.45) is 0 Å². The standard InChI is InChI=1S/C14H11ClF3NO/c1-20-14-3-2-9(15)5-13(14)19-7-8-4-11(17)12(18)6-10(8)16/h2-6,19H,7H2,1H3. The van der Waals surface area contributed by atoms with Crippen molar-refractivity contribution in [3.63, 3.8) is 0 Å². The third kappa shape index (κ3) is 3.17. The smallest absolute Gasteiger partial charge is 0.161 e. The summed E-state index contributed by atoms with van der Waals surface area (Å²) in [5.41, 5.74) is 0.537. The van der Waals surface area contributed by atoms with Gasteiger partial charge >= 0.3 is 0 Å². The van der Waals surface area contributed by atoms with Gasteiger partial charge in [0, 0.05) is 23.2 Å². The Morgan fingerprint density at radius 3 is 2.45 bits per heavy atom. The molecule has 2 nitrogen and oxygen atoms in total. The molecule has 0 saturated heterocycles. The van der Waals surface area contributed by atoms with Crippen LogP contribution < -0.4 is 10.1 Å². The molecule has 20 heavy (non-hydrogen) atoms. The number of benzene rings is 2. The first kappa shape index (κ1) is 14.5. The van der Waals surface area contributed by atoms with E-state index in [9.17, 15) is 13.2 Å². The van der Waals surface area contributed by atoms with Crippen molar-refractivity contribution in [3.05, 3.63) is 58.4 Å². The average Bonchev–Trinajstić information content (AvgIpc) is 2.41. The summed E-state index contributed by atoms with van der Waals surface area (Å²) in [6, 6.07) is 6.21. The monoisotopic (exact) mass is 301 g/mol. The Bertz CT molecular complexity index is 634. The van der Waals surface area contributed by atoms with E-state index in [0.717, 1.165) is 6.07 Å². The maximum Gasteiger partial charge on any atom is 0.161 e. The van der Waals surface area contributed by atoms with Gasteiger partial charge in [-0.05, 0) is 24.3 Å². The van der Waals surface area contributed by atoms with Crippen LogP contribution in [0.15, 0.2) is 30.3 Å². The van der Waals surface area contributed by atoms with E-state index in [1.807, 2.05) is 0 Å². The number of ether oxygens (including phenoxy) is 1. The zero-order valence-electron chi connectivity index (χ0n) is 10.5.